The number of fused-ring (bicyclic) bond motifs is 1. The predicted octanol–water partition coefficient (Wildman–Crippen LogP) is 0.965. The van der Waals surface area contributed by atoms with Crippen LogP contribution in [-0.4, -0.2) is 35.6 Å². The number of nitriles is 1. The molecule has 0 bridgehead atoms. The van der Waals surface area contributed by atoms with Crippen LogP contribution < -0.4 is 5.56 Å². The number of imidazole rings is 1. The van der Waals surface area contributed by atoms with Crippen molar-refractivity contribution in [3.63, 3.8) is 0 Å². The molecule has 1 aliphatic rings. The van der Waals surface area contributed by atoms with Crippen molar-refractivity contribution in [3.05, 3.63) is 52.1 Å². The van der Waals surface area contributed by atoms with Gasteiger partial charge in [0.2, 0.25) is 0 Å². The van der Waals surface area contributed by atoms with Gasteiger partial charge in [-0.3, -0.25) is 14.8 Å². The first-order valence-electron chi connectivity index (χ1n) is 7.89. The Bertz CT molecular complexity index is 990. The fourth-order valence-electron chi connectivity index (χ4n) is 3.41. The molecule has 0 aliphatic carbocycles. The Balaban J connectivity index is 1.68. The van der Waals surface area contributed by atoms with Gasteiger partial charge >= 0.3 is 0 Å². The highest BCUT2D eigenvalue weighted by atomic mass is 16.1. The van der Waals surface area contributed by atoms with Gasteiger partial charge < -0.3 is 4.57 Å². The summed E-state index contributed by atoms with van der Waals surface area (Å²) in [6.07, 6.45) is 7.38. The number of aromatic amines is 1. The fourth-order valence-corrected chi connectivity index (χ4v) is 3.41. The first kappa shape index (κ1) is 14.7. The van der Waals surface area contributed by atoms with E-state index in [2.05, 4.69) is 26.0 Å². The molecular formula is C16H17N7O. The molecule has 1 saturated heterocycles. The maximum absolute atomic E-state index is 12.2. The van der Waals surface area contributed by atoms with Crippen molar-refractivity contribution in [1.29, 1.82) is 5.26 Å². The third-order valence-electron chi connectivity index (χ3n) is 4.56. The second-order valence-electron chi connectivity index (χ2n) is 6.07. The van der Waals surface area contributed by atoms with Gasteiger partial charge in [-0.2, -0.15) is 5.26 Å². The van der Waals surface area contributed by atoms with E-state index in [0.29, 0.717) is 23.4 Å². The summed E-state index contributed by atoms with van der Waals surface area (Å²) < 4.78 is 3.33. The average molecular weight is 323 g/mol. The second kappa shape index (κ2) is 5.62. The highest BCUT2D eigenvalue weighted by Gasteiger charge is 2.29. The van der Waals surface area contributed by atoms with Crippen molar-refractivity contribution in [3.8, 4) is 6.07 Å². The molecule has 1 fully saturated rings. The van der Waals surface area contributed by atoms with Crippen molar-refractivity contribution >= 4 is 5.65 Å². The van der Waals surface area contributed by atoms with Crippen LogP contribution in [0.25, 0.3) is 5.65 Å². The number of hydrogen-bond donors (Lipinski definition) is 1. The van der Waals surface area contributed by atoms with Crippen LogP contribution in [0.1, 0.15) is 36.0 Å². The Hall–Kier alpha value is -2.92. The molecule has 1 N–H and O–H groups in total. The molecule has 0 spiro atoms. The van der Waals surface area contributed by atoms with E-state index in [9.17, 15) is 4.79 Å². The molecule has 8 heteroatoms. The Kier molecular flexibility index (Phi) is 3.43. The SMILES string of the molecule is Cn1ccnc1C1CCCN1Cc1cc(=O)n2[nH]cc(C#N)c2n1. The van der Waals surface area contributed by atoms with Gasteiger partial charge in [-0.05, 0) is 19.4 Å². The molecule has 24 heavy (non-hydrogen) atoms. The molecule has 1 aliphatic heterocycles. The van der Waals surface area contributed by atoms with E-state index in [4.69, 9.17) is 5.26 Å². The van der Waals surface area contributed by atoms with Crippen LogP contribution in [0, 0.1) is 11.3 Å². The molecule has 1 atom stereocenters. The molecule has 1 unspecified atom stereocenters. The lowest BCUT2D eigenvalue weighted by molar-refractivity contribution is 0.234. The highest BCUT2D eigenvalue weighted by molar-refractivity contribution is 5.53. The number of rotatable bonds is 3. The molecule has 0 amide bonds. The van der Waals surface area contributed by atoms with Gasteiger partial charge in [0.1, 0.15) is 17.5 Å². The van der Waals surface area contributed by atoms with Crippen molar-refractivity contribution in [2.45, 2.75) is 25.4 Å². The monoisotopic (exact) mass is 323 g/mol. The zero-order valence-corrected chi connectivity index (χ0v) is 13.3. The van der Waals surface area contributed by atoms with E-state index < -0.39 is 0 Å². The third kappa shape index (κ3) is 2.30. The molecule has 4 heterocycles. The van der Waals surface area contributed by atoms with Crippen LogP contribution in [0.4, 0.5) is 0 Å². The summed E-state index contributed by atoms with van der Waals surface area (Å²) in [5, 5.41) is 11.9. The Morgan fingerprint density at radius 1 is 1.50 bits per heavy atom. The summed E-state index contributed by atoms with van der Waals surface area (Å²) in [6.45, 7) is 1.51. The first-order valence-corrected chi connectivity index (χ1v) is 7.89. The van der Waals surface area contributed by atoms with Crippen LogP contribution in [0.3, 0.4) is 0 Å². The summed E-state index contributed by atoms with van der Waals surface area (Å²) in [6, 6.07) is 3.81. The number of H-pyrrole nitrogens is 1. The van der Waals surface area contributed by atoms with Gasteiger partial charge in [0, 0.05) is 38.2 Å². The number of likely N-dealkylation sites (tertiary alicyclic amines) is 1. The van der Waals surface area contributed by atoms with Gasteiger partial charge in [-0.25, -0.2) is 14.5 Å². The molecule has 3 aromatic rings. The first-order chi connectivity index (χ1) is 11.7. The molecule has 8 nitrogen and oxygen atoms in total. The van der Waals surface area contributed by atoms with Crippen molar-refractivity contribution < 1.29 is 0 Å². The minimum absolute atomic E-state index is 0.204. The molecule has 0 saturated carbocycles. The lowest BCUT2D eigenvalue weighted by Crippen LogP contribution is -2.26. The van der Waals surface area contributed by atoms with E-state index in [1.165, 1.54) is 16.8 Å². The van der Waals surface area contributed by atoms with Crippen molar-refractivity contribution in [2.24, 2.45) is 7.05 Å². The molecule has 3 aromatic heterocycles. The number of aromatic nitrogens is 5. The van der Waals surface area contributed by atoms with E-state index in [1.807, 2.05) is 24.0 Å². The number of nitrogens with zero attached hydrogens (tertiary/aromatic N) is 6. The molecule has 0 aromatic carbocycles. The third-order valence-corrected chi connectivity index (χ3v) is 4.56. The van der Waals surface area contributed by atoms with Crippen LogP contribution in [0.5, 0.6) is 0 Å². The summed E-state index contributed by atoms with van der Waals surface area (Å²) in [5.41, 5.74) is 1.23. The zero-order valence-electron chi connectivity index (χ0n) is 13.3. The Labute approximate surface area is 138 Å². The minimum Gasteiger partial charge on any atom is -0.337 e. The van der Waals surface area contributed by atoms with Gasteiger partial charge in [-0.15, -0.1) is 0 Å². The summed E-state index contributed by atoms with van der Waals surface area (Å²) in [7, 11) is 1.99. The van der Waals surface area contributed by atoms with Crippen LogP contribution in [0.15, 0.2) is 29.5 Å². The van der Waals surface area contributed by atoms with Crippen molar-refractivity contribution in [2.75, 3.05) is 6.54 Å². The van der Waals surface area contributed by atoms with E-state index in [1.54, 1.807) is 0 Å². The molecule has 0 radical (unpaired) electrons. The van der Waals surface area contributed by atoms with Gasteiger partial charge in [0.25, 0.3) is 5.56 Å². The Morgan fingerprint density at radius 2 is 2.38 bits per heavy atom. The maximum atomic E-state index is 12.2. The Morgan fingerprint density at radius 3 is 3.12 bits per heavy atom. The standard InChI is InChI=1S/C16H17N7O/c1-21-6-4-18-16(21)13-3-2-5-22(13)10-12-7-14(24)23-15(20-12)11(8-17)9-19-23/h4,6-7,9,13,19H,2-3,5,10H2,1H3. The van der Waals surface area contributed by atoms with Crippen LogP contribution in [0.2, 0.25) is 0 Å². The summed E-state index contributed by atoms with van der Waals surface area (Å²) in [5.74, 6) is 1.03. The zero-order chi connectivity index (χ0) is 16.7. The quantitative estimate of drug-likeness (QED) is 0.775. The number of nitrogens with one attached hydrogen (secondary N) is 1. The molecular weight excluding hydrogens is 306 g/mol. The summed E-state index contributed by atoms with van der Waals surface area (Å²) >= 11 is 0. The van der Waals surface area contributed by atoms with E-state index >= 15 is 0 Å². The number of hydrogen-bond acceptors (Lipinski definition) is 5. The van der Waals surface area contributed by atoms with Gasteiger partial charge in [0.05, 0.1) is 11.7 Å². The normalized spacial score (nSPS) is 18.2. The minimum atomic E-state index is -0.204. The predicted molar refractivity (Wildman–Crippen MR) is 86.1 cm³/mol. The topological polar surface area (TPSA) is 95.0 Å². The molecule has 4 rings (SSSR count). The highest BCUT2D eigenvalue weighted by Crippen LogP contribution is 2.31. The fraction of sp³-hybridized carbons (Fsp3) is 0.375. The lowest BCUT2D eigenvalue weighted by atomic mass is 10.2. The van der Waals surface area contributed by atoms with Crippen LogP contribution >= 0.6 is 0 Å². The average Bonchev–Trinajstić information content (AvgIpc) is 3.27. The van der Waals surface area contributed by atoms with Gasteiger partial charge in [-0.1, -0.05) is 0 Å². The lowest BCUT2D eigenvalue weighted by Gasteiger charge is -2.23. The largest absolute Gasteiger partial charge is 0.337 e. The van der Waals surface area contributed by atoms with E-state index in [0.717, 1.165) is 25.2 Å². The van der Waals surface area contributed by atoms with Crippen molar-refractivity contribution in [1.82, 2.24) is 29.0 Å². The smallest absolute Gasteiger partial charge is 0.272 e. The number of aryl methyl sites for hydroxylation is 1. The summed E-state index contributed by atoms with van der Waals surface area (Å²) in [4.78, 5) is 23.5. The van der Waals surface area contributed by atoms with E-state index in [-0.39, 0.29) is 11.6 Å². The molecule has 122 valence electrons. The van der Waals surface area contributed by atoms with Crippen LogP contribution in [-0.2, 0) is 13.6 Å². The second-order valence-corrected chi connectivity index (χ2v) is 6.07. The maximum Gasteiger partial charge on any atom is 0.272 e. The van der Waals surface area contributed by atoms with Gasteiger partial charge in [0.15, 0.2) is 5.65 Å².